The number of rotatable bonds is 7. The Bertz CT molecular complexity index is 668. The fourth-order valence-electron chi connectivity index (χ4n) is 1.80. The minimum Gasteiger partial charge on any atom is -0.344 e. The van der Waals surface area contributed by atoms with E-state index >= 15 is 0 Å². The monoisotopic (exact) mass is 443 g/mol. The highest BCUT2D eigenvalue weighted by molar-refractivity contribution is 5.46. The fourth-order valence-corrected chi connectivity index (χ4v) is 1.80. The summed E-state index contributed by atoms with van der Waals surface area (Å²) in [6, 6.07) is 3.85. The number of halogens is 14. The third-order valence-corrected chi connectivity index (χ3v) is 3.40. The summed E-state index contributed by atoms with van der Waals surface area (Å²) in [6.07, 6.45) is -12.8. The SMILES string of the molecule is FC(F)C(F)(Nc1ccccc1)C(F)(F)C(F)(F)C(F)(F)C(F)(F)C(F)(F)F. The topological polar surface area (TPSA) is 12.0 Å². The van der Waals surface area contributed by atoms with Crippen LogP contribution in [-0.4, -0.2) is 42.1 Å². The second kappa shape index (κ2) is 6.83. The Kier molecular flexibility index (Phi) is 5.87. The van der Waals surface area contributed by atoms with Gasteiger partial charge in [-0.2, -0.15) is 48.3 Å². The van der Waals surface area contributed by atoms with Crippen molar-refractivity contribution in [2.24, 2.45) is 0 Å². The quantitative estimate of drug-likeness (QED) is 0.395. The molecule has 0 heterocycles. The number of benzene rings is 1. The van der Waals surface area contributed by atoms with E-state index in [1.165, 1.54) is 0 Å². The maximum absolute atomic E-state index is 14.1. The minimum atomic E-state index is -8.01. The molecule has 0 aliphatic rings. The summed E-state index contributed by atoms with van der Waals surface area (Å²) < 4.78 is 182. The van der Waals surface area contributed by atoms with Gasteiger partial charge in [-0.05, 0) is 12.1 Å². The Hall–Kier alpha value is -1.96. The third-order valence-electron chi connectivity index (χ3n) is 3.40. The van der Waals surface area contributed by atoms with Crippen molar-refractivity contribution in [3.8, 4) is 0 Å². The number of hydrogen-bond acceptors (Lipinski definition) is 1. The molecule has 1 aromatic rings. The van der Waals surface area contributed by atoms with E-state index in [4.69, 9.17) is 0 Å². The zero-order valence-electron chi connectivity index (χ0n) is 12.8. The van der Waals surface area contributed by atoms with Crippen LogP contribution in [0.4, 0.5) is 67.2 Å². The molecule has 0 amide bonds. The number of para-hydroxylation sites is 1. The smallest absolute Gasteiger partial charge is 0.344 e. The largest absolute Gasteiger partial charge is 0.460 e. The van der Waals surface area contributed by atoms with E-state index in [-0.39, 0.29) is 0 Å². The fraction of sp³-hybridized carbons (Fsp3) is 0.538. The van der Waals surface area contributed by atoms with Crippen LogP contribution < -0.4 is 5.32 Å². The van der Waals surface area contributed by atoms with Crippen molar-refractivity contribution in [1.82, 2.24) is 0 Å². The molecule has 0 fully saturated rings. The van der Waals surface area contributed by atoms with Gasteiger partial charge in [-0.3, -0.25) is 0 Å². The molecule has 0 aromatic heterocycles. The van der Waals surface area contributed by atoms with Crippen LogP contribution in [0.3, 0.4) is 0 Å². The molecule has 162 valence electrons. The maximum Gasteiger partial charge on any atom is 0.460 e. The van der Waals surface area contributed by atoms with Crippen LogP contribution in [-0.2, 0) is 0 Å². The van der Waals surface area contributed by atoms with Crippen molar-refractivity contribution in [1.29, 1.82) is 0 Å². The van der Waals surface area contributed by atoms with Crippen LogP contribution in [0.1, 0.15) is 0 Å². The average molecular weight is 443 g/mol. The van der Waals surface area contributed by atoms with Gasteiger partial charge in [0.2, 0.25) is 0 Å². The molecular formula is C13H7F14N. The molecule has 0 spiro atoms. The highest BCUT2D eigenvalue weighted by Gasteiger charge is 2.91. The van der Waals surface area contributed by atoms with E-state index in [9.17, 15) is 61.5 Å². The summed E-state index contributed by atoms with van der Waals surface area (Å²) in [5.41, 5.74) is -1.12. The molecule has 0 saturated heterocycles. The van der Waals surface area contributed by atoms with Gasteiger partial charge in [-0.1, -0.05) is 18.2 Å². The molecule has 0 bridgehead atoms. The van der Waals surface area contributed by atoms with Crippen LogP contribution >= 0.6 is 0 Å². The maximum atomic E-state index is 14.1. The first-order chi connectivity index (χ1) is 12.3. The molecular weight excluding hydrogens is 436 g/mol. The van der Waals surface area contributed by atoms with Crippen molar-refractivity contribution >= 4 is 5.69 Å². The molecule has 1 rings (SSSR count). The first kappa shape index (κ1) is 24.1. The molecule has 1 atom stereocenters. The van der Waals surface area contributed by atoms with Crippen LogP contribution in [0.25, 0.3) is 0 Å². The highest BCUT2D eigenvalue weighted by Crippen LogP contribution is 2.60. The van der Waals surface area contributed by atoms with Crippen LogP contribution in [0, 0.1) is 0 Å². The highest BCUT2D eigenvalue weighted by atomic mass is 19.4. The molecule has 0 aliphatic carbocycles. The van der Waals surface area contributed by atoms with Gasteiger partial charge in [0.1, 0.15) is 0 Å². The summed E-state index contributed by atoms with van der Waals surface area (Å²) >= 11 is 0. The second-order valence-corrected chi connectivity index (χ2v) is 5.30. The van der Waals surface area contributed by atoms with Gasteiger partial charge in [0.05, 0.1) is 0 Å². The summed E-state index contributed by atoms with van der Waals surface area (Å²) in [6.45, 7) is 0. The molecule has 0 radical (unpaired) electrons. The standard InChI is InChI=1S/C13H7F14N/c14-7(15)8(16,28-6-4-2-1-3-5-6)9(17,18)10(19,20)11(21,22)12(23,24)13(25,26)27/h1-5,7,28H. The summed E-state index contributed by atoms with van der Waals surface area (Å²) in [4.78, 5) is 0. The predicted molar refractivity (Wildman–Crippen MR) is 65.8 cm³/mol. The van der Waals surface area contributed by atoms with Crippen molar-refractivity contribution in [3.63, 3.8) is 0 Å². The summed E-state index contributed by atoms with van der Waals surface area (Å²) in [7, 11) is 0. The van der Waals surface area contributed by atoms with Gasteiger partial charge in [0.25, 0.3) is 6.43 Å². The predicted octanol–water partition coefficient (Wildman–Crippen LogP) is 6.13. The van der Waals surface area contributed by atoms with Gasteiger partial charge in [0.15, 0.2) is 0 Å². The third kappa shape index (κ3) is 3.32. The molecule has 0 saturated carbocycles. The molecule has 28 heavy (non-hydrogen) atoms. The van der Waals surface area contributed by atoms with E-state index in [1.807, 2.05) is 0 Å². The Morgan fingerprint density at radius 1 is 0.571 bits per heavy atom. The average Bonchev–Trinajstić information content (AvgIpc) is 2.53. The lowest BCUT2D eigenvalue weighted by Gasteiger charge is -2.42. The Morgan fingerprint density at radius 3 is 1.32 bits per heavy atom. The normalized spacial score (nSPS) is 16.8. The molecule has 1 unspecified atom stereocenters. The van der Waals surface area contributed by atoms with Gasteiger partial charge in [-0.15, -0.1) is 0 Å². The second-order valence-electron chi connectivity index (χ2n) is 5.30. The van der Waals surface area contributed by atoms with Crippen molar-refractivity contribution < 1.29 is 61.5 Å². The van der Waals surface area contributed by atoms with Gasteiger partial charge < -0.3 is 5.32 Å². The molecule has 1 aromatic carbocycles. The Morgan fingerprint density at radius 2 is 0.964 bits per heavy atom. The first-order valence-electron chi connectivity index (χ1n) is 6.65. The molecule has 0 aliphatic heterocycles. The van der Waals surface area contributed by atoms with Crippen LogP contribution in [0.2, 0.25) is 0 Å². The number of hydrogen-bond donors (Lipinski definition) is 1. The molecule has 1 N–H and O–H groups in total. The van der Waals surface area contributed by atoms with E-state index in [0.29, 0.717) is 17.4 Å². The van der Waals surface area contributed by atoms with Crippen molar-refractivity contribution in [2.45, 2.75) is 42.1 Å². The molecule has 1 nitrogen and oxygen atoms in total. The van der Waals surface area contributed by atoms with E-state index in [0.717, 1.165) is 18.2 Å². The zero-order valence-corrected chi connectivity index (χ0v) is 12.8. The first-order valence-corrected chi connectivity index (χ1v) is 6.65. The zero-order chi connectivity index (χ0) is 22.4. The molecule has 15 heteroatoms. The van der Waals surface area contributed by atoms with Crippen molar-refractivity contribution in [3.05, 3.63) is 30.3 Å². The lowest BCUT2D eigenvalue weighted by molar-refractivity contribution is -0.434. The minimum absolute atomic E-state index is 0.457. The number of nitrogens with one attached hydrogen (secondary N) is 1. The van der Waals surface area contributed by atoms with Crippen molar-refractivity contribution in [2.75, 3.05) is 5.32 Å². The van der Waals surface area contributed by atoms with Gasteiger partial charge >= 0.3 is 35.7 Å². The number of anilines is 1. The van der Waals surface area contributed by atoms with Crippen LogP contribution in [0.15, 0.2) is 30.3 Å². The summed E-state index contributed by atoms with van der Waals surface area (Å²) in [5.74, 6) is -37.4. The number of alkyl halides is 14. The van der Waals surface area contributed by atoms with Crippen LogP contribution in [0.5, 0.6) is 0 Å². The van der Waals surface area contributed by atoms with E-state index in [1.54, 1.807) is 0 Å². The van der Waals surface area contributed by atoms with Gasteiger partial charge in [-0.25, -0.2) is 13.2 Å². The van der Waals surface area contributed by atoms with Gasteiger partial charge in [0, 0.05) is 5.69 Å². The van der Waals surface area contributed by atoms with E-state index in [2.05, 4.69) is 0 Å². The lowest BCUT2D eigenvalue weighted by Crippen LogP contribution is -2.73. The van der Waals surface area contributed by atoms with E-state index < -0.39 is 47.8 Å². The lowest BCUT2D eigenvalue weighted by atomic mass is 9.91. The Balaban J connectivity index is 3.57. The summed E-state index contributed by atoms with van der Waals surface area (Å²) in [5, 5.41) is 0.457. The Labute approximate surface area is 146 Å².